The highest BCUT2D eigenvalue weighted by molar-refractivity contribution is 5.93. The fourth-order valence-corrected chi connectivity index (χ4v) is 4.99. The van der Waals surface area contributed by atoms with Gasteiger partial charge in [-0.2, -0.15) is 0 Å². The molecule has 0 heterocycles. The Morgan fingerprint density at radius 2 is 1.64 bits per heavy atom. The number of primary amides is 1. The third kappa shape index (κ3) is 9.86. The number of nitrogens with zero attached hydrogens (tertiary/aromatic N) is 1. The van der Waals surface area contributed by atoms with Crippen LogP contribution in [0, 0.1) is 13.8 Å². The molecule has 1 aliphatic carbocycles. The van der Waals surface area contributed by atoms with Crippen LogP contribution in [0.3, 0.4) is 0 Å². The molecule has 4 N–H and O–H groups in total. The minimum Gasteiger partial charge on any atom is -0.444 e. The van der Waals surface area contributed by atoms with Gasteiger partial charge in [-0.1, -0.05) is 43.0 Å². The molecule has 2 rings (SSSR count). The van der Waals surface area contributed by atoms with E-state index in [9.17, 15) is 19.2 Å². The standard InChI is InChI=1S/C30H48N4O5/c1-19-14-15-20(2)22(18-19)25(26(36)32-21-12-10-9-11-13-21)34(29(3,4)5)27(37)23(16-17-24(31)35)33-28(38)39-30(6,7)8/h14-15,18,21,23,25H,9-13,16-17H2,1-8H3,(H2,31,35)(H,32,36)(H,33,38). The number of amides is 4. The molecule has 0 radical (unpaired) electrons. The van der Waals surface area contributed by atoms with Crippen molar-refractivity contribution in [3.05, 3.63) is 34.9 Å². The topological polar surface area (TPSA) is 131 Å². The zero-order valence-corrected chi connectivity index (χ0v) is 25.0. The van der Waals surface area contributed by atoms with E-state index < -0.39 is 41.1 Å². The minimum atomic E-state index is -1.12. The fraction of sp³-hybridized carbons (Fsp3) is 0.667. The molecule has 9 nitrogen and oxygen atoms in total. The van der Waals surface area contributed by atoms with E-state index in [1.165, 1.54) is 4.90 Å². The van der Waals surface area contributed by atoms with Crippen LogP contribution in [0.5, 0.6) is 0 Å². The SMILES string of the molecule is Cc1ccc(C)c(C(C(=O)NC2CCCCC2)N(C(=O)C(CCC(N)=O)NC(=O)OC(C)(C)C)C(C)(C)C)c1. The third-order valence-electron chi connectivity index (χ3n) is 6.82. The zero-order chi connectivity index (χ0) is 29.5. The molecule has 1 saturated carbocycles. The first-order chi connectivity index (χ1) is 18.0. The maximum Gasteiger partial charge on any atom is 0.408 e. The van der Waals surface area contributed by atoms with Crippen LogP contribution in [0.25, 0.3) is 0 Å². The lowest BCUT2D eigenvalue weighted by atomic mass is 9.90. The van der Waals surface area contributed by atoms with E-state index in [0.29, 0.717) is 0 Å². The van der Waals surface area contributed by atoms with Crippen molar-refractivity contribution in [3.63, 3.8) is 0 Å². The van der Waals surface area contributed by atoms with Gasteiger partial charge in [-0.05, 0) is 85.8 Å². The van der Waals surface area contributed by atoms with Gasteiger partial charge >= 0.3 is 6.09 Å². The highest BCUT2D eigenvalue weighted by atomic mass is 16.6. The normalized spacial score (nSPS) is 16.1. The number of hydrogen-bond donors (Lipinski definition) is 3. The zero-order valence-electron chi connectivity index (χ0n) is 25.0. The van der Waals surface area contributed by atoms with Gasteiger partial charge in [0.25, 0.3) is 0 Å². The molecule has 1 aromatic carbocycles. The van der Waals surface area contributed by atoms with E-state index in [2.05, 4.69) is 10.6 Å². The summed E-state index contributed by atoms with van der Waals surface area (Å²) < 4.78 is 5.40. The first-order valence-corrected chi connectivity index (χ1v) is 14.0. The summed E-state index contributed by atoms with van der Waals surface area (Å²) in [6, 6.07) is 3.82. The van der Waals surface area contributed by atoms with Crippen molar-refractivity contribution in [2.24, 2.45) is 5.73 Å². The van der Waals surface area contributed by atoms with Crippen LogP contribution in [0.15, 0.2) is 18.2 Å². The number of rotatable bonds is 9. The van der Waals surface area contributed by atoms with Gasteiger partial charge < -0.3 is 26.0 Å². The van der Waals surface area contributed by atoms with Crippen LogP contribution < -0.4 is 16.4 Å². The molecule has 4 amide bonds. The van der Waals surface area contributed by atoms with Gasteiger partial charge in [0.2, 0.25) is 17.7 Å². The summed E-state index contributed by atoms with van der Waals surface area (Å²) in [7, 11) is 0. The van der Waals surface area contributed by atoms with Crippen molar-refractivity contribution in [2.45, 2.75) is 130 Å². The maximum atomic E-state index is 14.3. The molecular formula is C30H48N4O5. The number of nitrogens with two attached hydrogens (primary N) is 1. The van der Waals surface area contributed by atoms with E-state index in [1.807, 2.05) is 52.8 Å². The van der Waals surface area contributed by atoms with Crippen LogP contribution >= 0.6 is 0 Å². The Hall–Kier alpha value is -3.10. The third-order valence-corrected chi connectivity index (χ3v) is 6.82. The lowest BCUT2D eigenvalue weighted by molar-refractivity contribution is -0.149. The second-order valence-electron chi connectivity index (χ2n) is 12.7. The Labute approximate surface area is 233 Å². The number of nitrogens with one attached hydrogen (secondary N) is 2. The van der Waals surface area contributed by atoms with Gasteiger partial charge in [0.15, 0.2) is 0 Å². The van der Waals surface area contributed by atoms with Crippen molar-refractivity contribution >= 4 is 23.8 Å². The number of ether oxygens (including phenoxy) is 1. The van der Waals surface area contributed by atoms with Crippen LogP contribution in [0.4, 0.5) is 4.79 Å². The Bertz CT molecular complexity index is 1030. The molecule has 0 saturated heterocycles. The molecular weight excluding hydrogens is 496 g/mol. The predicted molar refractivity (Wildman–Crippen MR) is 152 cm³/mol. The smallest absolute Gasteiger partial charge is 0.408 e. The average Bonchev–Trinajstić information content (AvgIpc) is 2.80. The minimum absolute atomic E-state index is 0.0241. The Morgan fingerprint density at radius 1 is 1.03 bits per heavy atom. The Kier molecular flexibility index (Phi) is 11.0. The summed E-state index contributed by atoms with van der Waals surface area (Å²) in [5, 5.41) is 5.86. The van der Waals surface area contributed by atoms with Crippen molar-refractivity contribution in [2.75, 3.05) is 0 Å². The molecule has 0 bridgehead atoms. The molecule has 2 atom stereocenters. The summed E-state index contributed by atoms with van der Waals surface area (Å²) in [4.78, 5) is 54.3. The van der Waals surface area contributed by atoms with E-state index in [4.69, 9.17) is 10.5 Å². The van der Waals surface area contributed by atoms with Crippen molar-refractivity contribution < 1.29 is 23.9 Å². The van der Waals surface area contributed by atoms with Gasteiger partial charge in [-0.3, -0.25) is 14.4 Å². The van der Waals surface area contributed by atoms with Crippen molar-refractivity contribution in [3.8, 4) is 0 Å². The number of aryl methyl sites for hydroxylation is 2. The second-order valence-corrected chi connectivity index (χ2v) is 12.7. The van der Waals surface area contributed by atoms with Crippen LogP contribution in [-0.4, -0.2) is 51.9 Å². The van der Waals surface area contributed by atoms with Gasteiger partial charge in [0.1, 0.15) is 17.7 Å². The first-order valence-electron chi connectivity index (χ1n) is 14.0. The van der Waals surface area contributed by atoms with Crippen molar-refractivity contribution in [1.82, 2.24) is 15.5 Å². The van der Waals surface area contributed by atoms with Crippen LogP contribution in [-0.2, 0) is 19.1 Å². The van der Waals surface area contributed by atoms with Crippen molar-refractivity contribution in [1.29, 1.82) is 0 Å². The molecule has 0 aliphatic heterocycles. The highest BCUT2D eigenvalue weighted by Gasteiger charge is 2.43. The van der Waals surface area contributed by atoms with E-state index in [0.717, 1.165) is 48.8 Å². The molecule has 1 aliphatic rings. The van der Waals surface area contributed by atoms with Gasteiger partial charge in [0.05, 0.1) is 0 Å². The van der Waals surface area contributed by atoms with E-state index >= 15 is 0 Å². The highest BCUT2D eigenvalue weighted by Crippen LogP contribution is 2.33. The summed E-state index contributed by atoms with van der Waals surface area (Å²) in [6.07, 6.45) is 4.13. The Morgan fingerprint density at radius 3 is 2.18 bits per heavy atom. The number of carbonyl (C=O) groups excluding carboxylic acids is 4. The predicted octanol–water partition coefficient (Wildman–Crippen LogP) is 4.58. The monoisotopic (exact) mass is 544 g/mol. The number of alkyl carbamates (subject to hydrolysis) is 1. The number of benzene rings is 1. The molecule has 39 heavy (non-hydrogen) atoms. The molecule has 0 spiro atoms. The number of hydrogen-bond acceptors (Lipinski definition) is 5. The lowest BCUT2D eigenvalue weighted by Crippen LogP contribution is -2.59. The summed E-state index contributed by atoms with van der Waals surface area (Å²) >= 11 is 0. The molecule has 1 fully saturated rings. The molecule has 1 aromatic rings. The molecule has 2 unspecified atom stereocenters. The Balaban J connectivity index is 2.58. The molecule has 0 aromatic heterocycles. The first kappa shape index (κ1) is 32.1. The lowest BCUT2D eigenvalue weighted by Gasteiger charge is -2.44. The largest absolute Gasteiger partial charge is 0.444 e. The van der Waals surface area contributed by atoms with Gasteiger partial charge in [0, 0.05) is 18.0 Å². The van der Waals surface area contributed by atoms with E-state index in [1.54, 1.807) is 20.8 Å². The van der Waals surface area contributed by atoms with Gasteiger partial charge in [-0.25, -0.2) is 4.79 Å². The van der Waals surface area contributed by atoms with E-state index in [-0.39, 0.29) is 24.8 Å². The second kappa shape index (κ2) is 13.3. The molecule has 218 valence electrons. The van der Waals surface area contributed by atoms with Gasteiger partial charge in [-0.15, -0.1) is 0 Å². The maximum absolute atomic E-state index is 14.3. The fourth-order valence-electron chi connectivity index (χ4n) is 4.99. The summed E-state index contributed by atoms with van der Waals surface area (Å²) in [5.74, 6) is -1.34. The quantitative estimate of drug-likeness (QED) is 0.419. The van der Waals surface area contributed by atoms with Crippen LogP contribution in [0.2, 0.25) is 0 Å². The summed E-state index contributed by atoms with van der Waals surface area (Å²) in [5.41, 5.74) is 6.36. The summed E-state index contributed by atoms with van der Waals surface area (Å²) in [6.45, 7) is 14.6. The molecule has 9 heteroatoms. The number of carbonyl (C=O) groups is 4. The average molecular weight is 545 g/mol. The van der Waals surface area contributed by atoms with Crippen LogP contribution in [0.1, 0.15) is 109 Å².